The Morgan fingerprint density at radius 1 is 1.06 bits per heavy atom. The number of carbonyl (C=O) groups excluding carboxylic acids is 1. The number of hydrogen-bond donors (Lipinski definition) is 0. The van der Waals surface area contributed by atoms with Crippen molar-refractivity contribution >= 4 is 5.91 Å². The lowest BCUT2D eigenvalue weighted by Gasteiger charge is -2.40. The van der Waals surface area contributed by atoms with Crippen LogP contribution in [0.1, 0.15) is 17.0 Å². The molecule has 3 aromatic rings. The standard InChI is InChI=1S/C26H28N4O/c1-3-14-29-15-16-30(19-24-8-4-6-20(2)28-24)25(26(29)31)17-21-9-11-22(12-10-21)23-7-5-13-27-18-23/h3-13,18,25H,1,14-17,19H2,2H3. The van der Waals surface area contributed by atoms with Gasteiger partial charge in [0, 0.05) is 44.3 Å². The van der Waals surface area contributed by atoms with Crippen LogP contribution >= 0.6 is 0 Å². The number of nitrogens with zero attached hydrogens (tertiary/aromatic N) is 4. The van der Waals surface area contributed by atoms with E-state index in [9.17, 15) is 4.79 Å². The normalized spacial score (nSPS) is 17.0. The molecule has 4 rings (SSSR count). The topological polar surface area (TPSA) is 49.3 Å². The highest BCUT2D eigenvalue weighted by Crippen LogP contribution is 2.22. The molecule has 1 fully saturated rings. The molecular formula is C26H28N4O. The van der Waals surface area contributed by atoms with Gasteiger partial charge in [0.2, 0.25) is 5.91 Å². The molecule has 0 radical (unpaired) electrons. The maximum atomic E-state index is 13.3. The number of hydrogen-bond acceptors (Lipinski definition) is 4. The summed E-state index contributed by atoms with van der Waals surface area (Å²) in [4.78, 5) is 26.3. The average Bonchev–Trinajstić information content (AvgIpc) is 2.79. The molecule has 0 spiro atoms. The molecule has 5 nitrogen and oxygen atoms in total. The molecule has 158 valence electrons. The summed E-state index contributed by atoms with van der Waals surface area (Å²) in [5, 5.41) is 0. The van der Waals surface area contributed by atoms with Gasteiger partial charge in [-0.3, -0.25) is 19.7 Å². The first-order valence-electron chi connectivity index (χ1n) is 10.7. The minimum absolute atomic E-state index is 0.162. The molecular weight excluding hydrogens is 384 g/mol. The van der Waals surface area contributed by atoms with E-state index in [1.165, 1.54) is 0 Å². The van der Waals surface area contributed by atoms with Crippen LogP contribution in [-0.4, -0.2) is 51.4 Å². The summed E-state index contributed by atoms with van der Waals surface area (Å²) in [6.07, 6.45) is 6.11. The molecule has 1 aromatic carbocycles. The van der Waals surface area contributed by atoms with Gasteiger partial charge < -0.3 is 4.90 Å². The van der Waals surface area contributed by atoms with Gasteiger partial charge in [-0.2, -0.15) is 0 Å². The second-order valence-electron chi connectivity index (χ2n) is 7.97. The van der Waals surface area contributed by atoms with Crippen molar-refractivity contribution in [1.82, 2.24) is 19.8 Å². The molecule has 0 N–H and O–H groups in total. The Morgan fingerprint density at radius 3 is 2.61 bits per heavy atom. The van der Waals surface area contributed by atoms with E-state index < -0.39 is 0 Å². The third kappa shape index (κ3) is 5.06. The Labute approximate surface area is 184 Å². The van der Waals surface area contributed by atoms with E-state index >= 15 is 0 Å². The maximum absolute atomic E-state index is 13.3. The third-order valence-corrected chi connectivity index (χ3v) is 5.73. The first-order chi connectivity index (χ1) is 15.1. The molecule has 1 aliphatic rings. The van der Waals surface area contributed by atoms with E-state index in [1.807, 2.05) is 42.3 Å². The SMILES string of the molecule is C=CCN1CCN(Cc2cccc(C)n2)C(Cc2ccc(-c3cccnc3)cc2)C1=O. The second kappa shape index (κ2) is 9.67. The number of rotatable bonds is 7. The lowest BCUT2D eigenvalue weighted by molar-refractivity contribution is -0.141. The average molecular weight is 413 g/mol. The van der Waals surface area contributed by atoms with E-state index in [2.05, 4.69) is 51.8 Å². The number of benzene rings is 1. The van der Waals surface area contributed by atoms with Crippen molar-refractivity contribution in [3.05, 3.63) is 96.6 Å². The summed E-state index contributed by atoms with van der Waals surface area (Å²) >= 11 is 0. The van der Waals surface area contributed by atoms with Crippen molar-refractivity contribution in [3.8, 4) is 11.1 Å². The van der Waals surface area contributed by atoms with Crippen molar-refractivity contribution in [2.75, 3.05) is 19.6 Å². The highest BCUT2D eigenvalue weighted by atomic mass is 16.2. The molecule has 5 heteroatoms. The fourth-order valence-electron chi connectivity index (χ4n) is 4.11. The van der Waals surface area contributed by atoms with Crippen molar-refractivity contribution in [2.24, 2.45) is 0 Å². The van der Waals surface area contributed by atoms with Crippen LogP contribution in [0.5, 0.6) is 0 Å². The van der Waals surface area contributed by atoms with Crippen LogP contribution in [0, 0.1) is 6.92 Å². The molecule has 2 aromatic heterocycles. The van der Waals surface area contributed by atoms with Gasteiger partial charge in [-0.15, -0.1) is 6.58 Å². The number of amides is 1. The maximum Gasteiger partial charge on any atom is 0.240 e. The molecule has 31 heavy (non-hydrogen) atoms. The molecule has 0 saturated carbocycles. The van der Waals surface area contributed by atoms with Crippen LogP contribution < -0.4 is 0 Å². The van der Waals surface area contributed by atoms with Crippen molar-refractivity contribution in [2.45, 2.75) is 25.9 Å². The van der Waals surface area contributed by atoms with E-state index in [0.29, 0.717) is 26.1 Å². The van der Waals surface area contributed by atoms with E-state index in [1.54, 1.807) is 12.3 Å². The molecule has 1 saturated heterocycles. The van der Waals surface area contributed by atoms with E-state index in [-0.39, 0.29) is 11.9 Å². The van der Waals surface area contributed by atoms with Crippen LogP contribution in [0.25, 0.3) is 11.1 Å². The number of piperazine rings is 1. The van der Waals surface area contributed by atoms with Crippen LogP contribution in [0.4, 0.5) is 0 Å². The molecule has 1 amide bonds. The molecule has 0 bridgehead atoms. The Bertz CT molecular complexity index is 1030. The zero-order valence-electron chi connectivity index (χ0n) is 17.9. The lowest BCUT2D eigenvalue weighted by atomic mass is 9.98. The zero-order chi connectivity index (χ0) is 21.6. The highest BCUT2D eigenvalue weighted by molar-refractivity contribution is 5.83. The van der Waals surface area contributed by atoms with Gasteiger partial charge in [-0.25, -0.2) is 0 Å². The number of aryl methyl sites for hydroxylation is 1. The second-order valence-corrected chi connectivity index (χ2v) is 7.97. The largest absolute Gasteiger partial charge is 0.336 e. The fourth-order valence-corrected chi connectivity index (χ4v) is 4.11. The van der Waals surface area contributed by atoms with Gasteiger partial charge in [0.05, 0.1) is 11.7 Å². The molecule has 1 aliphatic heterocycles. The minimum Gasteiger partial charge on any atom is -0.336 e. The van der Waals surface area contributed by atoms with Crippen LogP contribution in [-0.2, 0) is 17.8 Å². The quantitative estimate of drug-likeness (QED) is 0.553. The van der Waals surface area contributed by atoms with Gasteiger partial charge in [-0.05, 0) is 48.2 Å². The summed E-state index contributed by atoms with van der Waals surface area (Å²) in [6, 6.07) is 18.3. The van der Waals surface area contributed by atoms with Crippen LogP contribution in [0.15, 0.2) is 79.6 Å². The Hall–Kier alpha value is -3.31. The highest BCUT2D eigenvalue weighted by Gasteiger charge is 2.34. The minimum atomic E-state index is -0.208. The number of aromatic nitrogens is 2. The number of pyridine rings is 2. The van der Waals surface area contributed by atoms with Crippen LogP contribution in [0.2, 0.25) is 0 Å². The fraction of sp³-hybridized carbons (Fsp3) is 0.269. The smallest absolute Gasteiger partial charge is 0.240 e. The molecule has 1 atom stereocenters. The van der Waals surface area contributed by atoms with Gasteiger partial charge >= 0.3 is 0 Å². The Balaban J connectivity index is 1.54. The predicted molar refractivity (Wildman–Crippen MR) is 123 cm³/mol. The van der Waals surface area contributed by atoms with Crippen molar-refractivity contribution in [3.63, 3.8) is 0 Å². The monoisotopic (exact) mass is 412 g/mol. The third-order valence-electron chi connectivity index (χ3n) is 5.73. The summed E-state index contributed by atoms with van der Waals surface area (Å²) in [7, 11) is 0. The van der Waals surface area contributed by atoms with Crippen molar-refractivity contribution < 1.29 is 4.79 Å². The van der Waals surface area contributed by atoms with Crippen LogP contribution in [0.3, 0.4) is 0 Å². The van der Waals surface area contributed by atoms with Crippen molar-refractivity contribution in [1.29, 1.82) is 0 Å². The van der Waals surface area contributed by atoms with Gasteiger partial charge in [0.15, 0.2) is 0 Å². The van der Waals surface area contributed by atoms with Gasteiger partial charge in [0.25, 0.3) is 0 Å². The molecule has 0 aliphatic carbocycles. The van der Waals surface area contributed by atoms with Gasteiger partial charge in [-0.1, -0.05) is 42.5 Å². The Kier molecular flexibility index (Phi) is 6.53. The molecule has 3 heterocycles. The lowest BCUT2D eigenvalue weighted by Crippen LogP contribution is -2.57. The first kappa shape index (κ1) is 20.9. The van der Waals surface area contributed by atoms with Gasteiger partial charge in [0.1, 0.15) is 0 Å². The molecule has 1 unspecified atom stereocenters. The Morgan fingerprint density at radius 2 is 1.90 bits per heavy atom. The zero-order valence-corrected chi connectivity index (χ0v) is 17.9. The summed E-state index contributed by atoms with van der Waals surface area (Å²) < 4.78 is 0. The van der Waals surface area contributed by atoms with E-state index in [0.717, 1.165) is 34.6 Å². The number of carbonyl (C=O) groups is 1. The summed E-state index contributed by atoms with van der Waals surface area (Å²) in [5.41, 5.74) is 5.36. The predicted octanol–water partition coefficient (Wildman–Crippen LogP) is 3.89. The summed E-state index contributed by atoms with van der Waals surface area (Å²) in [6.45, 7) is 8.61. The van der Waals surface area contributed by atoms with E-state index in [4.69, 9.17) is 0 Å². The first-order valence-corrected chi connectivity index (χ1v) is 10.7. The summed E-state index contributed by atoms with van der Waals surface area (Å²) in [5.74, 6) is 0.162.